The van der Waals surface area contributed by atoms with E-state index in [1.165, 1.54) is 0 Å². The Hall–Kier alpha value is -1.30. The predicted molar refractivity (Wildman–Crippen MR) is 68.3 cm³/mol. The number of nitrogens with zero attached hydrogens (tertiary/aromatic N) is 1. The summed E-state index contributed by atoms with van der Waals surface area (Å²) in [5, 5.41) is 5.38. The monoisotopic (exact) mass is 257 g/mol. The van der Waals surface area contributed by atoms with Crippen molar-refractivity contribution in [3.63, 3.8) is 0 Å². The molecule has 6 heteroatoms. The van der Waals surface area contributed by atoms with Gasteiger partial charge >= 0.3 is 6.03 Å². The van der Waals surface area contributed by atoms with Crippen LogP contribution in [0.4, 0.5) is 4.79 Å². The molecule has 1 rings (SSSR count). The number of carbonyl (C=O) groups is 2. The Bertz CT molecular complexity index is 278. The largest absolute Gasteiger partial charge is 0.378 e. The first-order valence-corrected chi connectivity index (χ1v) is 6.56. The second kappa shape index (κ2) is 7.92. The van der Waals surface area contributed by atoms with Crippen molar-refractivity contribution in [2.24, 2.45) is 0 Å². The third-order valence-electron chi connectivity index (χ3n) is 2.86. The average molecular weight is 257 g/mol. The van der Waals surface area contributed by atoms with Crippen molar-refractivity contribution in [3.8, 4) is 0 Å². The van der Waals surface area contributed by atoms with E-state index in [1.807, 2.05) is 0 Å². The van der Waals surface area contributed by atoms with Crippen LogP contribution in [0.1, 0.15) is 26.7 Å². The van der Waals surface area contributed by atoms with Crippen LogP contribution in [0.15, 0.2) is 0 Å². The van der Waals surface area contributed by atoms with Crippen molar-refractivity contribution in [1.29, 1.82) is 0 Å². The molecule has 1 fully saturated rings. The molecular formula is C12H23N3O3. The lowest BCUT2D eigenvalue weighted by molar-refractivity contribution is -0.136. The van der Waals surface area contributed by atoms with E-state index in [0.717, 1.165) is 12.8 Å². The molecule has 0 saturated carbocycles. The third kappa shape index (κ3) is 4.91. The summed E-state index contributed by atoms with van der Waals surface area (Å²) < 4.78 is 5.18. The molecule has 0 aromatic carbocycles. The summed E-state index contributed by atoms with van der Waals surface area (Å²) in [6.07, 6.45) is 1.97. The number of ether oxygens (including phenoxy) is 1. The highest BCUT2D eigenvalue weighted by Gasteiger charge is 2.23. The van der Waals surface area contributed by atoms with Gasteiger partial charge in [0.25, 0.3) is 0 Å². The number of morpholine rings is 1. The van der Waals surface area contributed by atoms with Crippen molar-refractivity contribution in [1.82, 2.24) is 15.5 Å². The Morgan fingerprint density at radius 2 is 2.00 bits per heavy atom. The molecule has 2 N–H and O–H groups in total. The normalized spacial score (nSPS) is 17.1. The molecule has 1 heterocycles. The molecule has 1 atom stereocenters. The lowest BCUT2D eigenvalue weighted by atomic mass is 10.2. The molecule has 0 aromatic heterocycles. The summed E-state index contributed by atoms with van der Waals surface area (Å²) in [4.78, 5) is 25.2. The van der Waals surface area contributed by atoms with Crippen molar-refractivity contribution >= 4 is 11.9 Å². The molecule has 104 valence electrons. The summed E-state index contributed by atoms with van der Waals surface area (Å²) in [5.41, 5.74) is 0. The number of hydrogen-bond donors (Lipinski definition) is 2. The Labute approximate surface area is 108 Å². The highest BCUT2D eigenvalue weighted by Crippen LogP contribution is 2.00. The number of carbonyl (C=O) groups excluding carboxylic acids is 2. The Balaban J connectivity index is 2.27. The number of unbranched alkanes of at least 4 members (excludes halogenated alkanes) is 1. The van der Waals surface area contributed by atoms with Crippen molar-refractivity contribution in [2.45, 2.75) is 32.7 Å². The molecule has 0 spiro atoms. The maximum atomic E-state index is 12.0. The van der Waals surface area contributed by atoms with Gasteiger partial charge in [0.2, 0.25) is 5.91 Å². The van der Waals surface area contributed by atoms with Crippen LogP contribution in [0.5, 0.6) is 0 Å². The second-order valence-corrected chi connectivity index (χ2v) is 4.41. The van der Waals surface area contributed by atoms with Gasteiger partial charge in [-0.3, -0.25) is 4.79 Å². The standard InChI is InChI=1S/C12H23N3O3/c1-3-4-5-13-12(17)14-10(2)11(16)15-6-8-18-9-7-15/h10H,3-9H2,1-2H3,(H2,13,14,17). The SMILES string of the molecule is CCCCNC(=O)NC(C)C(=O)N1CCOCC1. The molecule has 0 radical (unpaired) electrons. The molecule has 18 heavy (non-hydrogen) atoms. The first-order chi connectivity index (χ1) is 8.65. The first kappa shape index (κ1) is 14.8. The van der Waals surface area contributed by atoms with E-state index < -0.39 is 6.04 Å². The predicted octanol–water partition coefficient (Wildman–Crippen LogP) is 0.333. The minimum atomic E-state index is -0.496. The summed E-state index contributed by atoms with van der Waals surface area (Å²) >= 11 is 0. The van der Waals surface area contributed by atoms with Gasteiger partial charge < -0.3 is 20.3 Å². The zero-order valence-electron chi connectivity index (χ0n) is 11.2. The van der Waals surface area contributed by atoms with Gasteiger partial charge in [-0.1, -0.05) is 13.3 Å². The van der Waals surface area contributed by atoms with Gasteiger partial charge in [-0.05, 0) is 13.3 Å². The fourth-order valence-electron chi connectivity index (χ4n) is 1.75. The summed E-state index contributed by atoms with van der Waals surface area (Å²) in [6.45, 7) is 6.75. The number of amides is 3. The molecule has 0 bridgehead atoms. The van der Waals surface area contributed by atoms with Crippen molar-refractivity contribution in [2.75, 3.05) is 32.8 Å². The lowest BCUT2D eigenvalue weighted by Crippen LogP contribution is -2.52. The van der Waals surface area contributed by atoms with Crippen molar-refractivity contribution in [3.05, 3.63) is 0 Å². The highest BCUT2D eigenvalue weighted by atomic mass is 16.5. The summed E-state index contributed by atoms with van der Waals surface area (Å²) in [7, 11) is 0. The topological polar surface area (TPSA) is 70.7 Å². The molecule has 1 unspecified atom stereocenters. The Morgan fingerprint density at radius 3 is 2.61 bits per heavy atom. The fraction of sp³-hybridized carbons (Fsp3) is 0.833. The van der Waals surface area contributed by atoms with Crippen LogP contribution < -0.4 is 10.6 Å². The lowest BCUT2D eigenvalue weighted by Gasteiger charge is -2.29. The molecule has 1 aliphatic heterocycles. The van der Waals surface area contributed by atoms with Gasteiger partial charge in [0, 0.05) is 19.6 Å². The van der Waals surface area contributed by atoms with E-state index in [-0.39, 0.29) is 11.9 Å². The highest BCUT2D eigenvalue weighted by molar-refractivity contribution is 5.86. The van der Waals surface area contributed by atoms with Crippen molar-refractivity contribution < 1.29 is 14.3 Å². The smallest absolute Gasteiger partial charge is 0.315 e. The average Bonchev–Trinajstić information content (AvgIpc) is 2.39. The molecule has 1 aliphatic rings. The first-order valence-electron chi connectivity index (χ1n) is 6.56. The van der Waals surface area contributed by atoms with Crippen LogP contribution in [-0.2, 0) is 9.53 Å². The third-order valence-corrected chi connectivity index (χ3v) is 2.86. The van der Waals surface area contributed by atoms with Crippen LogP contribution in [0.2, 0.25) is 0 Å². The zero-order valence-corrected chi connectivity index (χ0v) is 11.2. The van der Waals surface area contributed by atoms with E-state index in [0.29, 0.717) is 32.8 Å². The van der Waals surface area contributed by atoms with Crippen LogP contribution >= 0.6 is 0 Å². The minimum Gasteiger partial charge on any atom is -0.378 e. The molecule has 1 saturated heterocycles. The van der Waals surface area contributed by atoms with Gasteiger partial charge in [0.15, 0.2) is 0 Å². The van der Waals surface area contributed by atoms with Gasteiger partial charge in [-0.15, -0.1) is 0 Å². The molecule has 0 aromatic rings. The van der Waals surface area contributed by atoms with E-state index >= 15 is 0 Å². The number of hydrogen-bond acceptors (Lipinski definition) is 3. The van der Waals surface area contributed by atoms with Crippen LogP contribution in [-0.4, -0.2) is 55.7 Å². The number of rotatable bonds is 5. The zero-order chi connectivity index (χ0) is 13.4. The molecular weight excluding hydrogens is 234 g/mol. The quantitative estimate of drug-likeness (QED) is 0.697. The number of urea groups is 1. The molecule has 6 nitrogen and oxygen atoms in total. The maximum absolute atomic E-state index is 12.0. The van der Waals surface area contributed by atoms with Gasteiger partial charge in [0.1, 0.15) is 6.04 Å². The van der Waals surface area contributed by atoms with Crippen LogP contribution in [0, 0.1) is 0 Å². The Morgan fingerprint density at radius 1 is 1.33 bits per heavy atom. The second-order valence-electron chi connectivity index (χ2n) is 4.41. The van der Waals surface area contributed by atoms with Gasteiger partial charge in [-0.25, -0.2) is 4.79 Å². The van der Waals surface area contributed by atoms with E-state index in [4.69, 9.17) is 4.74 Å². The van der Waals surface area contributed by atoms with Crippen LogP contribution in [0.3, 0.4) is 0 Å². The number of nitrogens with one attached hydrogen (secondary N) is 2. The van der Waals surface area contributed by atoms with E-state index in [1.54, 1.807) is 11.8 Å². The van der Waals surface area contributed by atoms with E-state index in [9.17, 15) is 9.59 Å². The summed E-state index contributed by atoms with van der Waals surface area (Å²) in [6, 6.07) is -0.776. The fourth-order valence-corrected chi connectivity index (χ4v) is 1.75. The van der Waals surface area contributed by atoms with E-state index in [2.05, 4.69) is 17.6 Å². The van der Waals surface area contributed by atoms with Crippen LogP contribution in [0.25, 0.3) is 0 Å². The maximum Gasteiger partial charge on any atom is 0.315 e. The summed E-state index contributed by atoms with van der Waals surface area (Å²) in [5.74, 6) is -0.0519. The molecule has 0 aliphatic carbocycles. The van der Waals surface area contributed by atoms with Gasteiger partial charge in [-0.2, -0.15) is 0 Å². The molecule has 3 amide bonds. The Kier molecular flexibility index (Phi) is 6.49. The van der Waals surface area contributed by atoms with Gasteiger partial charge in [0.05, 0.1) is 13.2 Å². The minimum absolute atomic E-state index is 0.0519.